The number of anilines is 3. The van der Waals surface area contributed by atoms with Crippen LogP contribution in [-0.2, 0) is 5.41 Å². The van der Waals surface area contributed by atoms with Gasteiger partial charge in [-0.25, -0.2) is 0 Å². The fraction of sp³-hybridized carbons (Fsp3) is 0.0169. The molecule has 1 aromatic heterocycles. The standard InChI is InChI=1S/C59H38N2/c1-2-18-39(19-3-1)42-22-6-7-24-44(42)47-27-10-14-33-55(47)60(54-35-16-21-40-20-4-5-23-43(40)54)41-36-37-56-49(38-41)48-28-17-32-53-58(48)61(56)57-34-15-13-31-52(57)59(53)50-29-11-8-25-45(50)46-26-9-12-30-51(46)59/h1-38H. The maximum Gasteiger partial charge on any atom is 0.0754 e. The van der Waals surface area contributed by atoms with E-state index in [9.17, 15) is 0 Å². The zero-order valence-corrected chi connectivity index (χ0v) is 33.3. The van der Waals surface area contributed by atoms with Crippen molar-refractivity contribution in [2.75, 3.05) is 4.90 Å². The first-order valence-corrected chi connectivity index (χ1v) is 21.2. The molecule has 0 fully saturated rings. The molecule has 13 rings (SSSR count). The summed E-state index contributed by atoms with van der Waals surface area (Å²) in [6.45, 7) is 0. The smallest absolute Gasteiger partial charge is 0.0754 e. The number of rotatable bonds is 5. The molecular weight excluding hydrogens is 737 g/mol. The van der Waals surface area contributed by atoms with Crippen LogP contribution < -0.4 is 4.90 Å². The lowest BCUT2D eigenvalue weighted by Gasteiger charge is -2.39. The lowest BCUT2D eigenvalue weighted by atomic mass is 9.65. The molecule has 284 valence electrons. The Morgan fingerprint density at radius 1 is 0.344 bits per heavy atom. The summed E-state index contributed by atoms with van der Waals surface area (Å²) >= 11 is 0. The Kier molecular flexibility index (Phi) is 7.26. The second kappa shape index (κ2) is 13.0. The first-order valence-electron chi connectivity index (χ1n) is 21.2. The number of benzene rings is 10. The highest BCUT2D eigenvalue weighted by molar-refractivity contribution is 6.14. The van der Waals surface area contributed by atoms with Gasteiger partial charge >= 0.3 is 0 Å². The van der Waals surface area contributed by atoms with Crippen molar-refractivity contribution in [3.05, 3.63) is 253 Å². The third-order valence-corrected chi connectivity index (χ3v) is 13.4. The molecule has 0 unspecified atom stereocenters. The van der Waals surface area contributed by atoms with E-state index in [1.54, 1.807) is 0 Å². The number of hydrogen-bond donors (Lipinski definition) is 0. The SMILES string of the molecule is c1ccc(-c2ccccc2-c2ccccc2N(c2ccc3c(c2)c2cccc4c2n3-c2ccccc2C42c3ccccc3-c3ccccc32)c2cccc3ccccc23)cc1. The molecule has 0 radical (unpaired) electrons. The van der Waals surface area contributed by atoms with Crippen LogP contribution in [0, 0.1) is 0 Å². The van der Waals surface area contributed by atoms with Crippen LogP contribution in [0.1, 0.15) is 22.3 Å². The van der Waals surface area contributed by atoms with Gasteiger partial charge < -0.3 is 9.47 Å². The second-order valence-electron chi connectivity index (χ2n) is 16.4. The Balaban J connectivity index is 1.10. The maximum atomic E-state index is 2.54. The minimum absolute atomic E-state index is 0.448. The summed E-state index contributed by atoms with van der Waals surface area (Å²) in [5.74, 6) is 0. The minimum atomic E-state index is -0.448. The van der Waals surface area contributed by atoms with Crippen molar-refractivity contribution in [1.29, 1.82) is 0 Å². The molecule has 10 aromatic carbocycles. The second-order valence-corrected chi connectivity index (χ2v) is 16.4. The zero-order chi connectivity index (χ0) is 40.1. The highest BCUT2D eigenvalue weighted by Gasteiger charge is 2.50. The van der Waals surface area contributed by atoms with Crippen LogP contribution in [0.25, 0.3) is 71.6 Å². The topological polar surface area (TPSA) is 8.17 Å². The van der Waals surface area contributed by atoms with Gasteiger partial charge in [0.2, 0.25) is 0 Å². The molecule has 0 N–H and O–H groups in total. The number of aromatic nitrogens is 1. The molecular formula is C59H38N2. The van der Waals surface area contributed by atoms with E-state index in [0.29, 0.717) is 0 Å². The summed E-state index contributed by atoms with van der Waals surface area (Å²) in [7, 11) is 0. The van der Waals surface area contributed by atoms with Gasteiger partial charge in [-0.05, 0) is 91.9 Å². The molecule has 61 heavy (non-hydrogen) atoms. The predicted octanol–water partition coefficient (Wildman–Crippen LogP) is 15.4. The average molecular weight is 775 g/mol. The molecule has 0 saturated carbocycles. The maximum absolute atomic E-state index is 2.54. The quantitative estimate of drug-likeness (QED) is 0.169. The van der Waals surface area contributed by atoms with E-state index < -0.39 is 5.41 Å². The van der Waals surface area contributed by atoms with Crippen LogP contribution in [0.2, 0.25) is 0 Å². The van der Waals surface area contributed by atoms with Gasteiger partial charge in [0.1, 0.15) is 0 Å². The Morgan fingerprint density at radius 2 is 0.902 bits per heavy atom. The lowest BCUT2D eigenvalue weighted by Crippen LogP contribution is -2.33. The Labute approximate surface area is 354 Å². The summed E-state index contributed by atoms with van der Waals surface area (Å²) in [6, 6.07) is 85.3. The van der Waals surface area contributed by atoms with E-state index in [0.717, 1.165) is 17.1 Å². The van der Waals surface area contributed by atoms with Gasteiger partial charge in [0.15, 0.2) is 0 Å². The van der Waals surface area contributed by atoms with E-state index in [2.05, 4.69) is 240 Å². The largest absolute Gasteiger partial charge is 0.309 e. The summed E-state index contributed by atoms with van der Waals surface area (Å²) in [5, 5.41) is 4.89. The Hall–Kier alpha value is -7.94. The van der Waals surface area contributed by atoms with E-state index in [1.807, 2.05) is 0 Å². The fourth-order valence-corrected chi connectivity index (χ4v) is 11.0. The molecule has 0 saturated heterocycles. The van der Waals surface area contributed by atoms with Crippen molar-refractivity contribution in [2.24, 2.45) is 0 Å². The van der Waals surface area contributed by atoms with Crippen LogP contribution in [-0.4, -0.2) is 4.57 Å². The molecule has 2 heteroatoms. The monoisotopic (exact) mass is 774 g/mol. The number of para-hydroxylation sites is 3. The molecule has 2 nitrogen and oxygen atoms in total. The first kappa shape index (κ1) is 34.0. The molecule has 1 aliphatic heterocycles. The fourth-order valence-electron chi connectivity index (χ4n) is 11.0. The van der Waals surface area contributed by atoms with Gasteiger partial charge in [0, 0.05) is 27.4 Å². The van der Waals surface area contributed by atoms with Crippen LogP contribution in [0.3, 0.4) is 0 Å². The van der Waals surface area contributed by atoms with Gasteiger partial charge in [0.25, 0.3) is 0 Å². The van der Waals surface area contributed by atoms with E-state index in [4.69, 9.17) is 0 Å². The zero-order valence-electron chi connectivity index (χ0n) is 33.3. The summed E-state index contributed by atoms with van der Waals surface area (Å²) in [5.41, 5.74) is 19.4. The molecule has 2 heterocycles. The van der Waals surface area contributed by atoms with Crippen LogP contribution in [0.5, 0.6) is 0 Å². The Bertz CT molecular complexity index is 3500. The van der Waals surface area contributed by atoms with Crippen molar-refractivity contribution >= 4 is 49.6 Å². The van der Waals surface area contributed by atoms with Gasteiger partial charge in [-0.15, -0.1) is 0 Å². The number of nitrogens with zero attached hydrogens (tertiary/aromatic N) is 2. The average Bonchev–Trinajstić information content (AvgIpc) is 3.82. The molecule has 11 aromatic rings. The molecule has 1 aliphatic carbocycles. The lowest BCUT2D eigenvalue weighted by molar-refractivity contribution is 0.748. The summed E-state index contributed by atoms with van der Waals surface area (Å²) < 4.78 is 2.54. The molecule has 2 aliphatic rings. The van der Waals surface area contributed by atoms with Crippen molar-refractivity contribution < 1.29 is 0 Å². The van der Waals surface area contributed by atoms with E-state index in [1.165, 1.54) is 93.9 Å². The minimum Gasteiger partial charge on any atom is -0.309 e. The Morgan fingerprint density at radius 3 is 1.70 bits per heavy atom. The van der Waals surface area contributed by atoms with Crippen molar-refractivity contribution in [1.82, 2.24) is 4.57 Å². The predicted molar refractivity (Wildman–Crippen MR) is 255 cm³/mol. The molecule has 0 amide bonds. The van der Waals surface area contributed by atoms with Crippen LogP contribution in [0.15, 0.2) is 231 Å². The number of hydrogen-bond acceptors (Lipinski definition) is 1. The summed E-state index contributed by atoms with van der Waals surface area (Å²) in [4.78, 5) is 2.49. The van der Waals surface area contributed by atoms with Crippen molar-refractivity contribution in [3.8, 4) is 39.1 Å². The molecule has 0 bridgehead atoms. The van der Waals surface area contributed by atoms with Crippen LogP contribution in [0.4, 0.5) is 17.1 Å². The van der Waals surface area contributed by atoms with Crippen molar-refractivity contribution in [3.63, 3.8) is 0 Å². The molecule has 1 spiro atoms. The van der Waals surface area contributed by atoms with Crippen LogP contribution >= 0.6 is 0 Å². The third kappa shape index (κ3) is 4.67. The number of fused-ring (bicyclic) bond motifs is 13. The van der Waals surface area contributed by atoms with Gasteiger partial charge in [-0.2, -0.15) is 0 Å². The third-order valence-electron chi connectivity index (χ3n) is 13.4. The van der Waals surface area contributed by atoms with Gasteiger partial charge in [0.05, 0.1) is 33.5 Å². The highest BCUT2D eigenvalue weighted by Crippen LogP contribution is 2.61. The van der Waals surface area contributed by atoms with E-state index in [-0.39, 0.29) is 0 Å². The van der Waals surface area contributed by atoms with Gasteiger partial charge in [-0.3, -0.25) is 0 Å². The highest BCUT2D eigenvalue weighted by atomic mass is 15.1. The first-order chi connectivity index (χ1) is 30.3. The van der Waals surface area contributed by atoms with E-state index >= 15 is 0 Å². The van der Waals surface area contributed by atoms with Crippen molar-refractivity contribution in [2.45, 2.75) is 5.41 Å². The summed E-state index contributed by atoms with van der Waals surface area (Å²) in [6.07, 6.45) is 0. The molecule has 0 atom stereocenters. The van der Waals surface area contributed by atoms with Gasteiger partial charge in [-0.1, -0.05) is 194 Å². The normalized spacial score (nSPS) is 13.0.